The molecule has 0 radical (unpaired) electrons. The molecule has 0 aromatic heterocycles. The zero-order valence-electron chi connectivity index (χ0n) is 37.4. The van der Waals surface area contributed by atoms with Crippen LogP contribution in [-0.2, 0) is 10.8 Å². The molecule has 0 bridgehead atoms. The van der Waals surface area contributed by atoms with Crippen molar-refractivity contribution in [3.63, 3.8) is 0 Å². The van der Waals surface area contributed by atoms with Gasteiger partial charge in [0.1, 0.15) is 11.5 Å². The molecule has 2 unspecified atom stereocenters. The molecule has 2 aliphatic carbocycles. The van der Waals surface area contributed by atoms with Crippen molar-refractivity contribution in [2.45, 2.75) is 91.9 Å². The summed E-state index contributed by atoms with van der Waals surface area (Å²) in [5.74, 6) is 2.04. The fraction of sp³-hybridized carbons (Fsp3) is 0.276. The standard InChI is InChI=1S/C58H56O2/c1-31-21-39(57(5,6)7)22-32(2)49(31)51-43-27-37-30-46-44(28-38(37)29-45(43)53-47(51)25-35-17-13-15-19-41(35)55(53)59-11)52(50-33(3)23-40(24-34(50)4)58(8,9)10)48-26-36-18-14-16-20-42(36)56(60-12)54(46)48/h13-30,51-52H,1-12H3. The number of aryl methyl sites for hydroxylation is 4. The Morgan fingerprint density at radius 3 is 1.07 bits per heavy atom. The Morgan fingerprint density at radius 1 is 0.400 bits per heavy atom. The molecule has 0 aliphatic heterocycles. The second kappa shape index (κ2) is 13.3. The number of ether oxygens (including phenoxy) is 2. The van der Waals surface area contributed by atoms with Crippen molar-refractivity contribution in [3.8, 4) is 33.8 Å². The quantitative estimate of drug-likeness (QED) is 0.177. The molecule has 0 saturated carbocycles. The molecule has 0 amide bonds. The van der Waals surface area contributed by atoms with E-state index in [-0.39, 0.29) is 22.7 Å². The lowest BCUT2D eigenvalue weighted by molar-refractivity contribution is 0.421. The van der Waals surface area contributed by atoms with Gasteiger partial charge in [-0.2, -0.15) is 0 Å². The van der Waals surface area contributed by atoms with E-state index in [0.29, 0.717) is 0 Å². The zero-order chi connectivity index (χ0) is 42.2. The highest BCUT2D eigenvalue weighted by Gasteiger charge is 2.39. The van der Waals surface area contributed by atoms with Gasteiger partial charge in [-0.3, -0.25) is 0 Å². The summed E-state index contributed by atoms with van der Waals surface area (Å²) < 4.78 is 12.9. The fourth-order valence-corrected chi connectivity index (χ4v) is 11.1. The summed E-state index contributed by atoms with van der Waals surface area (Å²) in [6, 6.07) is 42.0. The van der Waals surface area contributed by atoms with Gasteiger partial charge in [-0.1, -0.05) is 114 Å². The van der Waals surface area contributed by atoms with E-state index >= 15 is 0 Å². The molecule has 2 atom stereocenters. The van der Waals surface area contributed by atoms with Crippen LogP contribution in [0.3, 0.4) is 0 Å². The summed E-state index contributed by atoms with van der Waals surface area (Å²) in [6.45, 7) is 23.1. The number of benzene rings is 8. The molecule has 10 rings (SSSR count). The van der Waals surface area contributed by atoms with Crippen LogP contribution in [0.5, 0.6) is 11.5 Å². The topological polar surface area (TPSA) is 18.5 Å². The first kappa shape index (κ1) is 38.3. The van der Waals surface area contributed by atoms with Crippen LogP contribution >= 0.6 is 0 Å². The predicted octanol–water partition coefficient (Wildman–Crippen LogP) is 15.3. The highest BCUT2D eigenvalue weighted by molar-refractivity contribution is 6.06. The lowest BCUT2D eigenvalue weighted by Gasteiger charge is -2.26. The Morgan fingerprint density at radius 2 is 0.733 bits per heavy atom. The van der Waals surface area contributed by atoms with Crippen LogP contribution in [0.25, 0.3) is 54.6 Å². The largest absolute Gasteiger partial charge is 0.495 e. The van der Waals surface area contributed by atoms with Gasteiger partial charge < -0.3 is 9.47 Å². The Kier molecular flexibility index (Phi) is 8.51. The van der Waals surface area contributed by atoms with Crippen LogP contribution in [0.1, 0.15) is 120 Å². The van der Waals surface area contributed by atoms with Gasteiger partial charge in [0, 0.05) is 33.7 Å². The minimum Gasteiger partial charge on any atom is -0.495 e. The van der Waals surface area contributed by atoms with E-state index in [1.807, 2.05) is 14.2 Å². The van der Waals surface area contributed by atoms with E-state index in [1.165, 1.54) is 111 Å². The lowest BCUT2D eigenvalue weighted by atomic mass is 9.78. The van der Waals surface area contributed by atoms with Gasteiger partial charge >= 0.3 is 0 Å². The first-order valence-electron chi connectivity index (χ1n) is 21.6. The van der Waals surface area contributed by atoms with Gasteiger partial charge in [0.25, 0.3) is 0 Å². The summed E-state index contributed by atoms with van der Waals surface area (Å²) in [6.07, 6.45) is 0. The second-order valence-corrected chi connectivity index (χ2v) is 19.8. The number of rotatable bonds is 4. The van der Waals surface area contributed by atoms with E-state index < -0.39 is 0 Å². The molecule has 0 heterocycles. The van der Waals surface area contributed by atoms with Crippen molar-refractivity contribution < 1.29 is 9.47 Å². The summed E-state index contributed by atoms with van der Waals surface area (Å²) in [7, 11) is 3.68. The Hall–Kier alpha value is -5.86. The molecule has 8 aromatic rings. The summed E-state index contributed by atoms with van der Waals surface area (Å²) in [5.41, 5.74) is 21.3. The Bertz CT molecular complexity index is 2870. The maximum absolute atomic E-state index is 6.45. The Labute approximate surface area is 356 Å². The molecular weight excluding hydrogens is 729 g/mol. The lowest BCUT2D eigenvalue weighted by Crippen LogP contribution is -2.14. The number of methoxy groups -OCH3 is 2. The van der Waals surface area contributed by atoms with Gasteiger partial charge in [-0.25, -0.2) is 0 Å². The monoisotopic (exact) mass is 784 g/mol. The van der Waals surface area contributed by atoms with E-state index in [9.17, 15) is 0 Å². The van der Waals surface area contributed by atoms with Crippen molar-refractivity contribution in [1.82, 2.24) is 0 Å². The molecule has 2 nitrogen and oxygen atoms in total. The third kappa shape index (κ3) is 5.59. The maximum atomic E-state index is 6.45. The molecule has 0 N–H and O–H groups in total. The van der Waals surface area contributed by atoms with Crippen LogP contribution in [0.4, 0.5) is 0 Å². The normalized spacial score (nSPS) is 15.7. The van der Waals surface area contributed by atoms with Gasteiger partial charge in [0.2, 0.25) is 0 Å². The van der Waals surface area contributed by atoms with Gasteiger partial charge in [0.05, 0.1) is 14.2 Å². The molecule has 0 fully saturated rings. The predicted molar refractivity (Wildman–Crippen MR) is 254 cm³/mol. The highest BCUT2D eigenvalue weighted by atomic mass is 16.5. The Balaban J connectivity index is 1.29. The van der Waals surface area contributed by atoms with Crippen LogP contribution in [0.15, 0.2) is 109 Å². The molecule has 300 valence electrons. The van der Waals surface area contributed by atoms with Gasteiger partial charge in [-0.05, 0) is 174 Å². The molecule has 60 heavy (non-hydrogen) atoms. The minimum absolute atomic E-state index is 0.0573. The summed E-state index contributed by atoms with van der Waals surface area (Å²) in [5, 5.41) is 7.20. The average Bonchev–Trinajstić information content (AvgIpc) is 3.66. The van der Waals surface area contributed by atoms with Gasteiger partial charge in [0.15, 0.2) is 0 Å². The van der Waals surface area contributed by atoms with Gasteiger partial charge in [-0.15, -0.1) is 0 Å². The summed E-state index contributed by atoms with van der Waals surface area (Å²) >= 11 is 0. The molecule has 0 saturated heterocycles. The average molecular weight is 785 g/mol. The first-order chi connectivity index (χ1) is 28.6. The number of hydrogen-bond donors (Lipinski definition) is 0. The van der Waals surface area contributed by atoms with Crippen LogP contribution < -0.4 is 9.47 Å². The zero-order valence-corrected chi connectivity index (χ0v) is 37.4. The summed E-state index contributed by atoms with van der Waals surface area (Å²) in [4.78, 5) is 0. The van der Waals surface area contributed by atoms with Crippen molar-refractivity contribution in [2.75, 3.05) is 14.2 Å². The highest BCUT2D eigenvalue weighted by Crippen LogP contribution is 2.59. The maximum Gasteiger partial charge on any atom is 0.134 e. The van der Waals surface area contributed by atoms with Crippen molar-refractivity contribution in [1.29, 1.82) is 0 Å². The molecule has 2 heteroatoms. The van der Waals surface area contributed by atoms with E-state index in [4.69, 9.17) is 9.47 Å². The SMILES string of the molecule is COc1c2c(cc3ccccc13)C(c1c(C)cc(C(C)(C)C)cc1C)c1cc3cc4c(cc3cc1-2)C(c1c(C)cc(C(C)(C)C)cc1C)c1cc2ccccc2c(OC)c1-4. The minimum atomic E-state index is 0.0573. The second-order valence-electron chi connectivity index (χ2n) is 19.8. The molecule has 2 aliphatic rings. The third-order valence-electron chi connectivity index (χ3n) is 13.9. The van der Waals surface area contributed by atoms with E-state index in [1.54, 1.807) is 0 Å². The third-order valence-corrected chi connectivity index (χ3v) is 13.9. The van der Waals surface area contributed by atoms with E-state index in [0.717, 1.165) is 22.3 Å². The van der Waals surface area contributed by atoms with E-state index in [2.05, 4.69) is 178 Å². The first-order valence-corrected chi connectivity index (χ1v) is 21.6. The van der Waals surface area contributed by atoms with Crippen LogP contribution in [0, 0.1) is 27.7 Å². The molecule has 8 aromatic carbocycles. The van der Waals surface area contributed by atoms with Crippen molar-refractivity contribution >= 4 is 32.3 Å². The van der Waals surface area contributed by atoms with Crippen molar-refractivity contribution in [3.05, 3.63) is 176 Å². The fourth-order valence-electron chi connectivity index (χ4n) is 11.1. The molecular formula is C58H56O2. The molecule has 0 spiro atoms. The van der Waals surface area contributed by atoms with Crippen LogP contribution in [-0.4, -0.2) is 14.2 Å². The van der Waals surface area contributed by atoms with Crippen molar-refractivity contribution in [2.24, 2.45) is 0 Å². The smallest absolute Gasteiger partial charge is 0.134 e. The van der Waals surface area contributed by atoms with Crippen LogP contribution in [0.2, 0.25) is 0 Å². The number of fused-ring (bicyclic) bond motifs is 9. The number of hydrogen-bond acceptors (Lipinski definition) is 2.